The third kappa shape index (κ3) is 3.40. The Morgan fingerprint density at radius 2 is 2.16 bits per heavy atom. The van der Waals surface area contributed by atoms with Gasteiger partial charge in [-0.15, -0.1) is 0 Å². The Morgan fingerprint density at radius 1 is 1.44 bits per heavy atom. The van der Waals surface area contributed by atoms with Gasteiger partial charge in [0.05, 0.1) is 12.9 Å². The minimum absolute atomic E-state index is 0.0200. The first-order chi connectivity index (χ1) is 12.0. The van der Waals surface area contributed by atoms with Gasteiger partial charge in [-0.05, 0) is 18.1 Å². The van der Waals surface area contributed by atoms with Gasteiger partial charge in [-0.3, -0.25) is 4.57 Å². The van der Waals surface area contributed by atoms with E-state index in [0.29, 0.717) is 11.2 Å². The number of hydrogen-bond donors (Lipinski definition) is 1. The van der Waals surface area contributed by atoms with E-state index >= 15 is 0 Å². The van der Waals surface area contributed by atoms with Gasteiger partial charge in [0, 0.05) is 7.77 Å². The van der Waals surface area contributed by atoms with Crippen LogP contribution < -0.4 is 5.73 Å². The lowest BCUT2D eigenvalue weighted by Crippen LogP contribution is -2.43. The average Bonchev–Trinajstić information content (AvgIpc) is 3.08. The first kappa shape index (κ1) is 16.9. The topological polar surface area (TPSA) is 88.1 Å². The van der Waals surface area contributed by atoms with Crippen LogP contribution >= 0.6 is 0 Å². The van der Waals surface area contributed by atoms with Crippen molar-refractivity contribution in [2.75, 3.05) is 12.3 Å². The fourth-order valence-corrected chi connectivity index (χ4v) is 3.45. The molecule has 0 aromatic carbocycles. The number of hydrogen-bond acceptors (Lipinski definition) is 6. The Kier molecular flexibility index (Phi) is 4.25. The Labute approximate surface area is 149 Å². The summed E-state index contributed by atoms with van der Waals surface area (Å²) in [6.45, 7) is 10.7. The highest BCUT2D eigenvalue weighted by Gasteiger charge is 2.42. The fourth-order valence-electron chi connectivity index (χ4n) is 2.43. The predicted molar refractivity (Wildman–Crippen MR) is 96.3 cm³/mol. The number of nitrogen functional groups attached to an aromatic ring is 1. The molecule has 1 aliphatic heterocycles. The summed E-state index contributed by atoms with van der Waals surface area (Å²) in [4.78, 5) is 12.2. The van der Waals surface area contributed by atoms with Gasteiger partial charge in [0.25, 0.3) is 0 Å². The van der Waals surface area contributed by atoms with E-state index in [2.05, 4.69) is 48.8 Å². The molecule has 0 amide bonds. The molecule has 1 saturated heterocycles. The summed E-state index contributed by atoms with van der Waals surface area (Å²) in [6, 6.07) is 0. The Balaban J connectivity index is 1.78. The number of nitrogens with zero attached hydrogens (tertiary/aromatic N) is 4. The molecule has 25 heavy (non-hydrogen) atoms. The van der Waals surface area contributed by atoms with Crippen molar-refractivity contribution >= 4 is 25.3 Å². The highest BCUT2D eigenvalue weighted by atomic mass is 28.4. The van der Waals surface area contributed by atoms with Crippen molar-refractivity contribution in [3.63, 3.8) is 0 Å². The van der Waals surface area contributed by atoms with E-state index in [4.69, 9.17) is 16.3 Å². The van der Waals surface area contributed by atoms with Crippen LogP contribution in [0.15, 0.2) is 12.7 Å². The predicted octanol–water partition coefficient (Wildman–Crippen LogP) is 3.06. The summed E-state index contributed by atoms with van der Waals surface area (Å²) >= 11 is 0. The fraction of sp³-hybridized carbons (Fsp3) is 0.688. The number of alkyl halides is 1. The molecule has 3 rings (SSSR count). The van der Waals surface area contributed by atoms with Gasteiger partial charge in [0.2, 0.25) is 0 Å². The summed E-state index contributed by atoms with van der Waals surface area (Å²) < 4.78 is 36.4. The smallest absolute Gasteiger partial charge is 0.192 e. The quantitative estimate of drug-likeness (QED) is 0.835. The van der Waals surface area contributed by atoms with Crippen LogP contribution in [0.1, 0.15) is 34.8 Å². The van der Waals surface area contributed by atoms with E-state index in [1.807, 2.05) is 0 Å². The molecule has 1 aliphatic rings. The van der Waals surface area contributed by atoms with Gasteiger partial charge in [-0.25, -0.2) is 19.3 Å². The zero-order valence-electron chi connectivity index (χ0n) is 16.2. The van der Waals surface area contributed by atoms with E-state index in [0.717, 1.165) is 0 Å². The van der Waals surface area contributed by atoms with E-state index in [1.165, 1.54) is 12.7 Å². The van der Waals surface area contributed by atoms with Crippen molar-refractivity contribution in [3.8, 4) is 0 Å². The number of ether oxygens (including phenoxy) is 1. The Hall–Kier alpha value is -1.58. The van der Waals surface area contributed by atoms with Gasteiger partial charge < -0.3 is 14.9 Å². The summed E-state index contributed by atoms with van der Waals surface area (Å²) in [5, 5.41) is 0.0200. The maximum Gasteiger partial charge on any atom is 0.192 e. The zero-order valence-corrected chi connectivity index (χ0v) is 16.2. The highest BCUT2D eigenvalue weighted by Crippen LogP contribution is 2.38. The molecule has 0 spiro atoms. The molecular formula is C16H26FN5O2Si. The zero-order chi connectivity index (χ0) is 19.3. The molecule has 0 radical (unpaired) electrons. The lowest BCUT2D eigenvalue weighted by Gasteiger charge is -2.37. The minimum atomic E-state index is -2.03. The minimum Gasteiger partial charge on any atom is -0.414 e. The first-order valence-corrected chi connectivity index (χ1v) is 11.2. The molecule has 4 atom stereocenters. The lowest BCUT2D eigenvalue weighted by atomic mass is 10.2. The number of rotatable bonds is 4. The number of aromatic nitrogens is 4. The van der Waals surface area contributed by atoms with Gasteiger partial charge in [-0.1, -0.05) is 20.8 Å². The summed E-state index contributed by atoms with van der Waals surface area (Å²) in [5.41, 5.74) is 6.63. The van der Waals surface area contributed by atoms with Crippen molar-refractivity contribution in [2.24, 2.45) is 0 Å². The van der Waals surface area contributed by atoms with Crippen molar-refractivity contribution < 1.29 is 14.9 Å². The normalized spacial score (nSPS) is 28.5. The average molecular weight is 369 g/mol. The Morgan fingerprint density at radius 3 is 2.84 bits per heavy atom. The molecule has 1 fully saturated rings. The van der Waals surface area contributed by atoms with Crippen LogP contribution in [0.3, 0.4) is 0 Å². The largest absolute Gasteiger partial charge is 0.414 e. The molecule has 0 aliphatic carbocycles. The number of anilines is 1. The van der Waals surface area contributed by atoms with Crippen LogP contribution in [-0.2, 0) is 9.16 Å². The second kappa shape index (κ2) is 6.29. The van der Waals surface area contributed by atoms with E-state index in [1.54, 1.807) is 4.57 Å². The van der Waals surface area contributed by atoms with Crippen molar-refractivity contribution in [1.82, 2.24) is 19.5 Å². The third-order valence-electron chi connectivity index (χ3n) is 5.09. The maximum atomic E-state index is 14.7. The Bertz CT molecular complexity index is 797. The second-order valence-electron chi connectivity index (χ2n) is 7.86. The van der Waals surface area contributed by atoms with Crippen LogP contribution in [0, 0.1) is 0 Å². The SMILES string of the molecule is [2H]C1[C@H](n2cnc3c(N)ncnc32)O[C@H](CO[Si](C)(C)C(C)(C)C)[C@H]1F. The number of fused-ring (bicyclic) bond motifs is 1. The monoisotopic (exact) mass is 368 g/mol. The number of halogens is 1. The van der Waals surface area contributed by atoms with Crippen LogP contribution in [0.2, 0.25) is 18.1 Å². The maximum absolute atomic E-state index is 14.7. The molecule has 3 heterocycles. The molecular weight excluding hydrogens is 341 g/mol. The standard InChI is InChI=1S/C16H26FN5O2Si/c1-16(2,3)25(4,5)23-7-11-10(17)6-12(24-11)22-9-21-13-14(18)19-8-20-15(13)22/h8-12H,6-7H2,1-5H3,(H2,18,19,20)/t10-,11+,12+/m0/s1/i6D/t6?,10-,11+,12+. The van der Waals surface area contributed by atoms with E-state index in [-0.39, 0.29) is 17.5 Å². The number of nitrogens with two attached hydrogens (primary N) is 1. The summed E-state index contributed by atoms with van der Waals surface area (Å²) in [5.74, 6) is 0.239. The molecule has 1 unspecified atom stereocenters. The lowest BCUT2D eigenvalue weighted by molar-refractivity contribution is -0.0296. The molecule has 2 aromatic rings. The van der Waals surface area contributed by atoms with Gasteiger partial charge in [0.15, 0.2) is 19.8 Å². The molecule has 0 saturated carbocycles. The first-order valence-electron chi connectivity index (χ1n) is 8.89. The van der Waals surface area contributed by atoms with Gasteiger partial charge in [-0.2, -0.15) is 0 Å². The van der Waals surface area contributed by atoms with Crippen LogP contribution in [0.4, 0.5) is 10.2 Å². The van der Waals surface area contributed by atoms with Crippen molar-refractivity contribution in [1.29, 1.82) is 0 Å². The van der Waals surface area contributed by atoms with Crippen molar-refractivity contribution in [2.45, 2.75) is 63.8 Å². The van der Waals surface area contributed by atoms with Crippen LogP contribution in [0.25, 0.3) is 11.2 Å². The molecule has 138 valence electrons. The van der Waals surface area contributed by atoms with Crippen LogP contribution in [-0.4, -0.2) is 46.7 Å². The summed E-state index contributed by atoms with van der Waals surface area (Å²) in [7, 11) is -2.03. The van der Waals surface area contributed by atoms with Crippen molar-refractivity contribution in [3.05, 3.63) is 12.7 Å². The second-order valence-corrected chi connectivity index (χ2v) is 12.7. The summed E-state index contributed by atoms with van der Waals surface area (Å²) in [6.07, 6.45) is -1.41. The highest BCUT2D eigenvalue weighted by molar-refractivity contribution is 6.74. The molecule has 9 heteroatoms. The molecule has 2 aromatic heterocycles. The third-order valence-corrected chi connectivity index (χ3v) is 9.59. The number of imidazole rings is 1. The van der Waals surface area contributed by atoms with Gasteiger partial charge in [0.1, 0.15) is 30.3 Å². The van der Waals surface area contributed by atoms with Crippen LogP contribution in [0.5, 0.6) is 0 Å². The van der Waals surface area contributed by atoms with E-state index < -0.39 is 33.2 Å². The van der Waals surface area contributed by atoms with E-state index in [9.17, 15) is 4.39 Å². The molecule has 2 N–H and O–H groups in total. The van der Waals surface area contributed by atoms with Gasteiger partial charge >= 0.3 is 0 Å². The molecule has 7 nitrogen and oxygen atoms in total. The molecule has 0 bridgehead atoms.